The summed E-state index contributed by atoms with van der Waals surface area (Å²) in [6, 6.07) is 9.16. The van der Waals surface area contributed by atoms with Gasteiger partial charge in [-0.05, 0) is 30.2 Å². The molecule has 0 aliphatic heterocycles. The highest BCUT2D eigenvalue weighted by molar-refractivity contribution is 7.99. The van der Waals surface area contributed by atoms with E-state index in [0.29, 0.717) is 22.4 Å². The third kappa shape index (κ3) is 6.35. The molecule has 0 N–H and O–H groups in total. The van der Waals surface area contributed by atoms with E-state index in [9.17, 15) is 22.4 Å². The van der Waals surface area contributed by atoms with Crippen LogP contribution in [0.15, 0.2) is 52.2 Å². The van der Waals surface area contributed by atoms with E-state index in [-0.39, 0.29) is 29.5 Å². The number of hydrogen-bond acceptors (Lipinski definition) is 5. The van der Waals surface area contributed by atoms with Gasteiger partial charge in [-0.3, -0.25) is 4.79 Å². The quantitative estimate of drug-likeness (QED) is 0.325. The number of carbonyl (C=O) groups excluding carboxylic acids is 1. The zero-order valence-electron chi connectivity index (χ0n) is 17.5. The summed E-state index contributed by atoms with van der Waals surface area (Å²) in [5, 5.41) is 8.47. The second-order valence-electron chi connectivity index (χ2n) is 7.52. The third-order valence-electron chi connectivity index (χ3n) is 4.35. The average Bonchev–Trinajstić information content (AvgIpc) is 3.35. The van der Waals surface area contributed by atoms with Crippen molar-refractivity contribution in [3.8, 4) is 11.4 Å². The first-order chi connectivity index (χ1) is 15.1. The summed E-state index contributed by atoms with van der Waals surface area (Å²) in [4.78, 5) is 13.3. The van der Waals surface area contributed by atoms with Crippen LogP contribution in [0.25, 0.3) is 11.4 Å². The normalized spacial score (nSPS) is 11.8. The molecule has 0 saturated heterocycles. The summed E-state index contributed by atoms with van der Waals surface area (Å²) < 4.78 is 60.1. The highest BCUT2D eigenvalue weighted by atomic mass is 32.2. The minimum absolute atomic E-state index is 0.159. The number of benzene rings is 1. The Morgan fingerprint density at radius 3 is 2.56 bits per heavy atom. The number of aromatic nitrogens is 3. The van der Waals surface area contributed by atoms with Gasteiger partial charge in [-0.2, -0.15) is 13.2 Å². The van der Waals surface area contributed by atoms with Crippen LogP contribution in [0.2, 0.25) is 0 Å². The largest absolute Gasteiger partial charge is 0.467 e. The predicted molar refractivity (Wildman–Crippen MR) is 111 cm³/mol. The lowest BCUT2D eigenvalue weighted by atomic mass is 10.2. The maximum atomic E-state index is 14.3. The van der Waals surface area contributed by atoms with Gasteiger partial charge in [0, 0.05) is 6.54 Å². The molecule has 3 aromatic rings. The van der Waals surface area contributed by atoms with Gasteiger partial charge in [-0.25, -0.2) is 4.39 Å². The summed E-state index contributed by atoms with van der Waals surface area (Å²) in [6.07, 6.45) is -3.22. The van der Waals surface area contributed by atoms with Gasteiger partial charge >= 0.3 is 6.18 Å². The topological polar surface area (TPSA) is 64.2 Å². The molecule has 0 radical (unpaired) electrons. The van der Waals surface area contributed by atoms with Crippen LogP contribution in [-0.4, -0.2) is 44.0 Å². The zero-order valence-corrected chi connectivity index (χ0v) is 18.3. The SMILES string of the molecule is CC(C)Cn1c(SCC(=O)N(Cc2ccco2)CC(F)(F)F)nnc1-c1ccccc1F. The molecule has 0 bridgehead atoms. The number of thioether (sulfide) groups is 1. The molecule has 1 aromatic carbocycles. The van der Waals surface area contributed by atoms with Gasteiger partial charge in [0.1, 0.15) is 18.1 Å². The van der Waals surface area contributed by atoms with E-state index < -0.39 is 24.4 Å². The Hall–Kier alpha value is -2.82. The number of amides is 1. The molecule has 32 heavy (non-hydrogen) atoms. The van der Waals surface area contributed by atoms with Crippen LogP contribution in [0, 0.1) is 11.7 Å². The maximum absolute atomic E-state index is 14.3. The van der Waals surface area contributed by atoms with Crippen LogP contribution in [0.1, 0.15) is 19.6 Å². The number of halogens is 4. The molecule has 0 spiro atoms. The monoisotopic (exact) mass is 470 g/mol. The Kier molecular flexibility index (Phi) is 7.60. The lowest BCUT2D eigenvalue weighted by molar-refractivity contribution is -0.161. The van der Waals surface area contributed by atoms with Crippen molar-refractivity contribution in [2.45, 2.75) is 38.3 Å². The van der Waals surface area contributed by atoms with E-state index >= 15 is 0 Å². The molecular formula is C21H22F4N4O2S. The van der Waals surface area contributed by atoms with Crippen molar-refractivity contribution in [2.24, 2.45) is 5.92 Å². The van der Waals surface area contributed by atoms with E-state index in [4.69, 9.17) is 4.42 Å². The second-order valence-corrected chi connectivity index (χ2v) is 8.47. The molecule has 1 amide bonds. The van der Waals surface area contributed by atoms with Crippen molar-refractivity contribution in [1.82, 2.24) is 19.7 Å². The molecule has 0 aliphatic carbocycles. The van der Waals surface area contributed by atoms with E-state index in [2.05, 4.69) is 10.2 Å². The molecule has 0 saturated carbocycles. The Labute approximate surface area is 186 Å². The smallest absolute Gasteiger partial charge is 0.406 e. The Morgan fingerprint density at radius 1 is 1.19 bits per heavy atom. The fourth-order valence-electron chi connectivity index (χ4n) is 3.02. The number of hydrogen-bond donors (Lipinski definition) is 0. The van der Waals surface area contributed by atoms with Crippen LogP contribution in [-0.2, 0) is 17.9 Å². The van der Waals surface area contributed by atoms with Crippen LogP contribution in [0.3, 0.4) is 0 Å². The number of nitrogens with zero attached hydrogens (tertiary/aromatic N) is 4. The molecule has 172 valence electrons. The van der Waals surface area contributed by atoms with Crippen molar-refractivity contribution in [2.75, 3.05) is 12.3 Å². The minimum atomic E-state index is -4.55. The highest BCUT2D eigenvalue weighted by Crippen LogP contribution is 2.27. The first kappa shape index (κ1) is 23.8. The number of furan rings is 1. The van der Waals surface area contributed by atoms with Gasteiger partial charge in [-0.15, -0.1) is 10.2 Å². The standard InChI is InChI=1S/C21H22F4N4O2S/c1-14(2)10-29-19(16-7-3-4-8-17(16)22)26-27-20(29)32-12-18(30)28(13-21(23,24)25)11-15-6-5-9-31-15/h3-9,14H,10-13H2,1-2H3. The van der Waals surface area contributed by atoms with Crippen LogP contribution < -0.4 is 0 Å². The first-order valence-corrected chi connectivity index (χ1v) is 10.8. The Balaban J connectivity index is 1.79. The maximum Gasteiger partial charge on any atom is 0.406 e. The van der Waals surface area contributed by atoms with Crippen molar-refractivity contribution < 1.29 is 26.8 Å². The first-order valence-electron chi connectivity index (χ1n) is 9.82. The molecule has 0 fully saturated rings. The fraction of sp³-hybridized carbons (Fsp3) is 0.381. The van der Waals surface area contributed by atoms with Gasteiger partial charge in [-0.1, -0.05) is 37.7 Å². The second kappa shape index (κ2) is 10.2. The molecule has 11 heteroatoms. The highest BCUT2D eigenvalue weighted by Gasteiger charge is 2.33. The lowest BCUT2D eigenvalue weighted by Crippen LogP contribution is -2.39. The number of alkyl halides is 3. The van der Waals surface area contributed by atoms with E-state index in [0.717, 1.165) is 11.8 Å². The zero-order chi connectivity index (χ0) is 23.3. The summed E-state index contributed by atoms with van der Waals surface area (Å²) >= 11 is 0.963. The van der Waals surface area contributed by atoms with E-state index in [1.54, 1.807) is 28.8 Å². The number of rotatable bonds is 9. The summed E-state index contributed by atoms with van der Waals surface area (Å²) in [7, 11) is 0. The van der Waals surface area contributed by atoms with Gasteiger partial charge in [0.15, 0.2) is 11.0 Å². The molecule has 0 aliphatic rings. The third-order valence-corrected chi connectivity index (χ3v) is 5.31. The summed E-state index contributed by atoms with van der Waals surface area (Å²) in [5.74, 6) is -0.772. The molecule has 0 atom stereocenters. The molecule has 2 aromatic heterocycles. The lowest BCUT2D eigenvalue weighted by Gasteiger charge is -2.23. The van der Waals surface area contributed by atoms with Crippen molar-refractivity contribution >= 4 is 17.7 Å². The molecular weight excluding hydrogens is 448 g/mol. The fourth-order valence-corrected chi connectivity index (χ4v) is 3.87. The Morgan fingerprint density at radius 2 is 1.94 bits per heavy atom. The van der Waals surface area contributed by atoms with Crippen molar-refractivity contribution in [3.05, 3.63) is 54.2 Å². The van der Waals surface area contributed by atoms with Gasteiger partial charge < -0.3 is 13.9 Å². The van der Waals surface area contributed by atoms with Crippen LogP contribution in [0.5, 0.6) is 0 Å². The van der Waals surface area contributed by atoms with Crippen molar-refractivity contribution in [1.29, 1.82) is 0 Å². The minimum Gasteiger partial charge on any atom is -0.467 e. The summed E-state index contributed by atoms with van der Waals surface area (Å²) in [6.45, 7) is 2.67. The van der Waals surface area contributed by atoms with E-state index in [1.165, 1.54) is 18.4 Å². The molecule has 0 unspecified atom stereocenters. The van der Waals surface area contributed by atoms with Crippen LogP contribution >= 0.6 is 11.8 Å². The van der Waals surface area contributed by atoms with Crippen molar-refractivity contribution in [3.63, 3.8) is 0 Å². The van der Waals surface area contributed by atoms with E-state index in [1.807, 2.05) is 13.8 Å². The van der Waals surface area contributed by atoms with Gasteiger partial charge in [0.2, 0.25) is 5.91 Å². The Bertz CT molecular complexity index is 1030. The molecule has 2 heterocycles. The van der Waals surface area contributed by atoms with Crippen LogP contribution in [0.4, 0.5) is 17.6 Å². The molecule has 3 rings (SSSR count). The summed E-state index contributed by atoms with van der Waals surface area (Å²) in [5.41, 5.74) is 0.260. The average molecular weight is 470 g/mol. The number of carbonyl (C=O) groups is 1. The van der Waals surface area contributed by atoms with Gasteiger partial charge in [0.05, 0.1) is 24.1 Å². The predicted octanol–water partition coefficient (Wildman–Crippen LogP) is 5.02. The molecule has 6 nitrogen and oxygen atoms in total. The van der Waals surface area contributed by atoms with Gasteiger partial charge in [0.25, 0.3) is 0 Å².